The highest BCUT2D eigenvalue weighted by Crippen LogP contribution is 2.24. The molecule has 0 bridgehead atoms. The molecule has 0 unspecified atom stereocenters. The second kappa shape index (κ2) is 8.10. The number of carbonyl (C=O) groups is 3. The summed E-state index contributed by atoms with van der Waals surface area (Å²) in [5.74, 6) is -0.427. The van der Waals surface area contributed by atoms with Crippen LogP contribution in [-0.4, -0.2) is 24.1 Å². The van der Waals surface area contributed by atoms with Crippen LogP contribution < -0.4 is 10.2 Å². The number of hydrogen-bond donors (Lipinski definition) is 1. The van der Waals surface area contributed by atoms with Gasteiger partial charge in [0.15, 0.2) is 5.78 Å². The van der Waals surface area contributed by atoms with E-state index in [0.717, 1.165) is 18.7 Å². The average molecular weight is 384 g/mol. The zero-order valence-electron chi connectivity index (χ0n) is 15.8. The summed E-state index contributed by atoms with van der Waals surface area (Å²) in [4.78, 5) is 39.3. The number of nitrogens with zero attached hydrogens (tertiary/aromatic N) is 1. The Labute approximate surface area is 169 Å². The van der Waals surface area contributed by atoms with Gasteiger partial charge in [0, 0.05) is 35.5 Å². The lowest BCUT2D eigenvalue weighted by atomic mass is 9.98. The molecule has 4 rings (SSSR count). The highest BCUT2D eigenvalue weighted by atomic mass is 16.2. The van der Waals surface area contributed by atoms with Gasteiger partial charge in [0.1, 0.15) is 0 Å². The molecular formula is C24H20N2O3. The molecule has 0 atom stereocenters. The van der Waals surface area contributed by atoms with Crippen LogP contribution in [0.15, 0.2) is 78.9 Å². The summed E-state index contributed by atoms with van der Waals surface area (Å²) >= 11 is 0. The van der Waals surface area contributed by atoms with E-state index in [9.17, 15) is 14.4 Å². The predicted octanol–water partition coefficient (Wildman–Crippen LogP) is 4.30. The van der Waals surface area contributed by atoms with Crippen molar-refractivity contribution >= 4 is 29.0 Å². The van der Waals surface area contributed by atoms with Crippen molar-refractivity contribution in [2.45, 2.75) is 12.8 Å². The Bertz CT molecular complexity index is 1060. The topological polar surface area (TPSA) is 66.5 Å². The largest absolute Gasteiger partial charge is 0.322 e. The Morgan fingerprint density at radius 1 is 0.793 bits per heavy atom. The van der Waals surface area contributed by atoms with Crippen molar-refractivity contribution < 1.29 is 14.4 Å². The Kier molecular flexibility index (Phi) is 5.20. The van der Waals surface area contributed by atoms with Gasteiger partial charge in [0.05, 0.1) is 5.56 Å². The van der Waals surface area contributed by atoms with Crippen LogP contribution in [0.5, 0.6) is 0 Å². The molecule has 29 heavy (non-hydrogen) atoms. The van der Waals surface area contributed by atoms with E-state index in [4.69, 9.17) is 0 Å². The average Bonchev–Trinajstić information content (AvgIpc) is 3.20. The molecule has 0 spiro atoms. The third-order valence-electron chi connectivity index (χ3n) is 4.96. The fourth-order valence-electron chi connectivity index (χ4n) is 3.47. The van der Waals surface area contributed by atoms with Crippen LogP contribution >= 0.6 is 0 Å². The molecule has 0 aromatic heterocycles. The normalized spacial score (nSPS) is 13.4. The maximum Gasteiger partial charge on any atom is 0.256 e. The molecule has 2 amide bonds. The summed E-state index contributed by atoms with van der Waals surface area (Å²) in [6.45, 7) is 0.722. The summed E-state index contributed by atoms with van der Waals surface area (Å²) in [6, 6.07) is 22.8. The van der Waals surface area contributed by atoms with Gasteiger partial charge in [-0.25, -0.2) is 0 Å². The van der Waals surface area contributed by atoms with Gasteiger partial charge < -0.3 is 10.2 Å². The van der Waals surface area contributed by atoms with Crippen LogP contribution in [0.1, 0.15) is 39.1 Å². The number of ketones is 1. The lowest BCUT2D eigenvalue weighted by molar-refractivity contribution is -0.117. The Morgan fingerprint density at radius 3 is 2.10 bits per heavy atom. The zero-order valence-corrected chi connectivity index (χ0v) is 15.8. The molecule has 1 fully saturated rings. The highest BCUT2D eigenvalue weighted by Gasteiger charge is 2.22. The van der Waals surface area contributed by atoms with Crippen molar-refractivity contribution in [1.82, 2.24) is 0 Å². The number of nitrogens with one attached hydrogen (secondary N) is 1. The van der Waals surface area contributed by atoms with Gasteiger partial charge in [-0.1, -0.05) is 48.5 Å². The lowest BCUT2D eigenvalue weighted by Crippen LogP contribution is -2.23. The third kappa shape index (κ3) is 3.94. The smallest absolute Gasteiger partial charge is 0.256 e. The lowest BCUT2D eigenvalue weighted by Gasteiger charge is -2.16. The monoisotopic (exact) mass is 384 g/mol. The molecule has 1 heterocycles. The number of benzene rings is 3. The van der Waals surface area contributed by atoms with Gasteiger partial charge in [-0.05, 0) is 36.8 Å². The quantitative estimate of drug-likeness (QED) is 0.667. The van der Waals surface area contributed by atoms with Crippen LogP contribution in [0.3, 0.4) is 0 Å². The van der Waals surface area contributed by atoms with Crippen molar-refractivity contribution in [3.8, 4) is 0 Å². The highest BCUT2D eigenvalue weighted by molar-refractivity contribution is 6.17. The molecule has 5 nitrogen and oxygen atoms in total. The summed E-state index contributed by atoms with van der Waals surface area (Å²) in [7, 11) is 0. The van der Waals surface area contributed by atoms with Crippen LogP contribution in [0, 0.1) is 0 Å². The van der Waals surface area contributed by atoms with Gasteiger partial charge in [-0.3, -0.25) is 14.4 Å². The van der Waals surface area contributed by atoms with Gasteiger partial charge in [-0.2, -0.15) is 0 Å². The Balaban J connectivity index is 1.53. The van der Waals surface area contributed by atoms with E-state index < -0.39 is 0 Å². The fourth-order valence-corrected chi connectivity index (χ4v) is 3.47. The van der Waals surface area contributed by atoms with Crippen LogP contribution in [-0.2, 0) is 4.79 Å². The first-order chi connectivity index (χ1) is 14.1. The van der Waals surface area contributed by atoms with Crippen LogP contribution in [0.25, 0.3) is 0 Å². The van der Waals surface area contributed by atoms with E-state index >= 15 is 0 Å². The first-order valence-corrected chi connectivity index (χ1v) is 9.54. The molecule has 5 heteroatoms. The molecule has 1 aliphatic heterocycles. The van der Waals surface area contributed by atoms with Crippen LogP contribution in [0.4, 0.5) is 11.4 Å². The number of hydrogen-bond acceptors (Lipinski definition) is 3. The molecule has 0 radical (unpaired) electrons. The minimum absolute atomic E-state index is 0.120. The van der Waals surface area contributed by atoms with E-state index in [2.05, 4.69) is 5.32 Å². The summed E-state index contributed by atoms with van der Waals surface area (Å²) < 4.78 is 0. The SMILES string of the molecule is O=C(Nc1ccc(N2CCCC2=O)cc1)c1ccccc1C(=O)c1ccccc1. The second-order valence-electron chi connectivity index (χ2n) is 6.89. The van der Waals surface area contributed by atoms with Crippen molar-refractivity contribution in [2.24, 2.45) is 0 Å². The van der Waals surface area contributed by atoms with Crippen molar-refractivity contribution in [2.75, 3.05) is 16.8 Å². The van der Waals surface area contributed by atoms with E-state index in [1.54, 1.807) is 65.6 Å². The number of rotatable bonds is 5. The molecule has 1 saturated heterocycles. The van der Waals surface area contributed by atoms with Gasteiger partial charge >= 0.3 is 0 Å². The van der Waals surface area contributed by atoms with Crippen molar-refractivity contribution in [3.63, 3.8) is 0 Å². The minimum Gasteiger partial charge on any atom is -0.322 e. The summed E-state index contributed by atoms with van der Waals surface area (Å²) in [5, 5.41) is 2.84. The molecule has 3 aromatic carbocycles. The first-order valence-electron chi connectivity index (χ1n) is 9.54. The van der Waals surface area contributed by atoms with Crippen molar-refractivity contribution in [3.05, 3.63) is 95.6 Å². The Morgan fingerprint density at radius 2 is 1.45 bits per heavy atom. The second-order valence-corrected chi connectivity index (χ2v) is 6.89. The summed E-state index contributed by atoms with van der Waals surface area (Å²) in [6.07, 6.45) is 1.44. The van der Waals surface area contributed by atoms with Gasteiger partial charge in [-0.15, -0.1) is 0 Å². The maximum atomic E-state index is 12.8. The molecule has 0 aliphatic carbocycles. The molecule has 0 saturated carbocycles. The van der Waals surface area contributed by atoms with E-state index in [1.807, 2.05) is 18.2 Å². The fraction of sp³-hybridized carbons (Fsp3) is 0.125. The molecule has 1 N–H and O–H groups in total. The predicted molar refractivity (Wildman–Crippen MR) is 112 cm³/mol. The molecular weight excluding hydrogens is 364 g/mol. The standard InChI is InChI=1S/C24H20N2O3/c27-22-11-6-16-26(22)19-14-12-18(13-15-19)25-24(29)21-10-5-4-9-20(21)23(28)17-7-2-1-3-8-17/h1-5,7-10,12-15H,6,11,16H2,(H,25,29). The van der Waals surface area contributed by atoms with E-state index in [-0.39, 0.29) is 17.6 Å². The number of carbonyl (C=O) groups excluding carboxylic acids is 3. The van der Waals surface area contributed by atoms with Gasteiger partial charge in [0.25, 0.3) is 5.91 Å². The third-order valence-corrected chi connectivity index (χ3v) is 4.96. The molecule has 144 valence electrons. The van der Waals surface area contributed by atoms with Crippen molar-refractivity contribution in [1.29, 1.82) is 0 Å². The Hall–Kier alpha value is -3.73. The van der Waals surface area contributed by atoms with E-state index in [0.29, 0.717) is 28.8 Å². The number of amides is 2. The van der Waals surface area contributed by atoms with E-state index in [1.165, 1.54) is 0 Å². The molecule has 3 aromatic rings. The van der Waals surface area contributed by atoms with Gasteiger partial charge in [0.2, 0.25) is 5.91 Å². The minimum atomic E-state index is -0.352. The maximum absolute atomic E-state index is 12.8. The summed E-state index contributed by atoms with van der Waals surface area (Å²) in [5.41, 5.74) is 2.64. The first kappa shape index (κ1) is 18.6. The van der Waals surface area contributed by atoms with Crippen LogP contribution in [0.2, 0.25) is 0 Å². The number of anilines is 2. The zero-order chi connectivity index (χ0) is 20.2. The molecule has 1 aliphatic rings.